The second-order valence-corrected chi connectivity index (χ2v) is 14.3. The lowest BCUT2D eigenvalue weighted by Gasteiger charge is -2.39. The Morgan fingerprint density at radius 2 is 1.78 bits per heavy atom. The van der Waals surface area contributed by atoms with Gasteiger partial charge in [-0.25, -0.2) is 4.68 Å². The van der Waals surface area contributed by atoms with E-state index in [9.17, 15) is 19.5 Å². The van der Waals surface area contributed by atoms with Crippen LogP contribution in [0.4, 0.5) is 0 Å². The third kappa shape index (κ3) is 6.22. The van der Waals surface area contributed by atoms with E-state index in [0.717, 1.165) is 5.52 Å². The predicted molar refractivity (Wildman–Crippen MR) is 185 cm³/mol. The fraction of sp³-hybridized carbons (Fsp3) is 0.474. The normalized spacial score (nSPS) is 30.9. The van der Waals surface area contributed by atoms with Crippen LogP contribution in [0.2, 0.25) is 0 Å². The highest BCUT2D eigenvalue weighted by molar-refractivity contribution is 5.99. The summed E-state index contributed by atoms with van der Waals surface area (Å²) < 4.78 is 14.5. The van der Waals surface area contributed by atoms with E-state index in [-0.39, 0.29) is 38.1 Å². The van der Waals surface area contributed by atoms with Crippen LogP contribution in [-0.2, 0) is 35.3 Å². The first-order chi connectivity index (χ1) is 24.6. The van der Waals surface area contributed by atoms with Crippen LogP contribution >= 0.6 is 0 Å². The monoisotopic (exact) mass is 696 g/mol. The number of carbonyl (C=O) groups excluding carboxylic acids is 4. The van der Waals surface area contributed by atoms with Gasteiger partial charge in [0.25, 0.3) is 5.91 Å². The molecule has 2 fully saturated rings. The lowest BCUT2D eigenvalue weighted by Crippen LogP contribution is -2.58. The molecular weight excluding hydrogens is 652 g/mol. The first-order valence-electron chi connectivity index (χ1n) is 17.7. The molecule has 51 heavy (non-hydrogen) atoms. The Hall–Kier alpha value is -4.88. The highest BCUT2D eigenvalue weighted by Crippen LogP contribution is 2.56. The summed E-state index contributed by atoms with van der Waals surface area (Å²) in [5.41, 5.74) is 0.595. The number of rotatable bonds is 7. The maximum absolute atomic E-state index is 15.1. The minimum absolute atomic E-state index is 0.00626. The third-order valence-electron chi connectivity index (χ3n) is 10.4. The van der Waals surface area contributed by atoms with Crippen molar-refractivity contribution in [3.05, 3.63) is 84.5 Å². The molecule has 0 aliphatic carbocycles. The van der Waals surface area contributed by atoms with Gasteiger partial charge in [0.05, 0.1) is 36.2 Å². The molecule has 268 valence electrons. The number of aliphatic hydroxyl groups excluding tert-OH is 1. The Balaban J connectivity index is 1.33. The van der Waals surface area contributed by atoms with Crippen molar-refractivity contribution >= 4 is 34.7 Å². The predicted octanol–water partition coefficient (Wildman–Crippen LogP) is 2.91. The SMILES string of the molecule is CC(C)C[C@H](CO)N1C(=O)[C@@H]2[C@H]3C(=O)O[C@@H](c4ccccc4)[C@H](C)NC(=O)CC/C=C\CN(Cn4nnc5ccccc54)C(=O)[C@@H]1[C@]21C=C[C@H]3O1. The zero-order valence-electron chi connectivity index (χ0n) is 29.0. The van der Waals surface area contributed by atoms with Crippen LogP contribution in [0.5, 0.6) is 0 Å². The summed E-state index contributed by atoms with van der Waals surface area (Å²) in [7, 11) is 0. The summed E-state index contributed by atoms with van der Waals surface area (Å²) in [6.45, 7) is 5.52. The summed E-state index contributed by atoms with van der Waals surface area (Å²) in [5, 5.41) is 22.3. The molecule has 1 spiro atoms. The van der Waals surface area contributed by atoms with Gasteiger partial charge in [-0.2, -0.15) is 0 Å². The maximum Gasteiger partial charge on any atom is 0.313 e. The number of likely N-dealkylation sites (tertiary alicyclic amines) is 1. The highest BCUT2D eigenvalue weighted by atomic mass is 16.6. The molecule has 2 aromatic carbocycles. The van der Waals surface area contributed by atoms with E-state index in [0.29, 0.717) is 23.9 Å². The number of amides is 3. The molecule has 4 aliphatic heterocycles. The summed E-state index contributed by atoms with van der Waals surface area (Å²) in [5.74, 6) is -3.78. The number of esters is 1. The molecule has 7 rings (SSSR count). The van der Waals surface area contributed by atoms with Crippen molar-refractivity contribution < 1.29 is 33.8 Å². The van der Waals surface area contributed by atoms with E-state index < -0.39 is 65.6 Å². The Bertz CT molecular complexity index is 1860. The number of nitrogens with one attached hydrogen (secondary N) is 1. The first-order valence-corrected chi connectivity index (χ1v) is 17.7. The largest absolute Gasteiger partial charge is 0.455 e. The van der Waals surface area contributed by atoms with E-state index in [2.05, 4.69) is 15.6 Å². The molecular formula is C38H44N6O7. The van der Waals surface area contributed by atoms with Crippen molar-refractivity contribution in [2.45, 2.75) is 82.6 Å². The molecule has 0 saturated carbocycles. The molecule has 5 heterocycles. The van der Waals surface area contributed by atoms with Gasteiger partial charge in [-0.3, -0.25) is 19.2 Å². The van der Waals surface area contributed by atoms with Crippen molar-refractivity contribution in [1.29, 1.82) is 0 Å². The molecule has 3 amide bonds. The van der Waals surface area contributed by atoms with Crippen LogP contribution in [0.3, 0.4) is 0 Å². The molecule has 0 unspecified atom stereocenters. The molecule has 0 radical (unpaired) electrons. The minimum atomic E-state index is -1.48. The van der Waals surface area contributed by atoms with Gasteiger partial charge < -0.3 is 29.7 Å². The van der Waals surface area contributed by atoms with E-state index in [1.54, 1.807) is 28.7 Å². The molecule has 8 atom stereocenters. The maximum atomic E-state index is 15.1. The standard InChI is InChI=1S/C38H44N6O7/c1-23(2)20-26(21-45)44-34-36(48)42(22-43-28-15-10-9-14-27(28)40-41-43)19-11-5-8-16-30(46)39-24(3)33(25-12-6-4-7-13-25)50-37(49)31-29-17-18-38(34,51-29)32(31)35(44)47/h4-7,9-15,17-18,23-24,26,29,31-34,45H,8,16,19-22H2,1-3H3,(H,39,46)/b11-5-/t24-,26+,29+,31-,32-,33+,34+,38-/m0/s1. The minimum Gasteiger partial charge on any atom is -0.455 e. The van der Waals surface area contributed by atoms with Crippen LogP contribution in [0.15, 0.2) is 78.9 Å². The van der Waals surface area contributed by atoms with Gasteiger partial charge in [-0.05, 0) is 43.4 Å². The highest BCUT2D eigenvalue weighted by Gasteiger charge is 2.74. The lowest BCUT2D eigenvalue weighted by molar-refractivity contribution is -0.162. The fourth-order valence-electron chi connectivity index (χ4n) is 8.19. The number of aliphatic hydroxyl groups is 1. The zero-order valence-corrected chi connectivity index (χ0v) is 29.0. The zero-order chi connectivity index (χ0) is 35.9. The molecule has 1 aromatic heterocycles. The molecule has 13 nitrogen and oxygen atoms in total. The summed E-state index contributed by atoms with van der Waals surface area (Å²) in [6.07, 6.45) is 6.51. The fourth-order valence-corrected chi connectivity index (χ4v) is 8.19. The molecule has 2 N–H and O–H groups in total. The van der Waals surface area contributed by atoms with Crippen molar-refractivity contribution in [2.24, 2.45) is 17.8 Å². The topological polar surface area (TPSA) is 156 Å². The number of aromatic nitrogens is 3. The quantitative estimate of drug-likeness (QED) is 0.280. The van der Waals surface area contributed by atoms with Crippen LogP contribution in [-0.4, -0.2) is 96.6 Å². The van der Waals surface area contributed by atoms with Gasteiger partial charge >= 0.3 is 5.97 Å². The number of benzene rings is 2. The van der Waals surface area contributed by atoms with Gasteiger partial charge in [0.15, 0.2) is 0 Å². The second-order valence-electron chi connectivity index (χ2n) is 14.3. The Kier molecular flexibility index (Phi) is 9.51. The summed E-state index contributed by atoms with van der Waals surface area (Å²) in [6, 6.07) is 14.1. The van der Waals surface area contributed by atoms with Gasteiger partial charge in [0.2, 0.25) is 11.8 Å². The second kappa shape index (κ2) is 14.0. The molecule has 4 aliphatic rings. The Morgan fingerprint density at radius 3 is 2.55 bits per heavy atom. The van der Waals surface area contributed by atoms with Crippen molar-refractivity contribution in [1.82, 2.24) is 30.1 Å². The van der Waals surface area contributed by atoms with E-state index in [4.69, 9.17) is 9.47 Å². The number of carbonyl (C=O) groups is 4. The average Bonchev–Trinajstić information content (AvgIpc) is 3.87. The van der Waals surface area contributed by atoms with Crippen LogP contribution in [0.1, 0.15) is 51.7 Å². The number of allylic oxidation sites excluding steroid dienone is 1. The van der Waals surface area contributed by atoms with Crippen molar-refractivity contribution in [2.75, 3.05) is 13.2 Å². The number of hydrogen-bond donors (Lipinski definition) is 2. The number of cyclic esters (lactones) is 1. The first kappa shape index (κ1) is 34.6. The van der Waals surface area contributed by atoms with Crippen LogP contribution < -0.4 is 5.32 Å². The summed E-state index contributed by atoms with van der Waals surface area (Å²) >= 11 is 0. The molecule has 13 heteroatoms. The van der Waals surface area contributed by atoms with E-state index in [1.807, 2.05) is 80.6 Å². The van der Waals surface area contributed by atoms with Gasteiger partial charge in [-0.1, -0.05) is 85.8 Å². The van der Waals surface area contributed by atoms with Gasteiger partial charge in [0.1, 0.15) is 35.9 Å². The number of hydrogen-bond acceptors (Lipinski definition) is 9. The Morgan fingerprint density at radius 1 is 1.02 bits per heavy atom. The number of ether oxygens (including phenoxy) is 2. The Labute approximate surface area is 296 Å². The molecule has 2 saturated heterocycles. The van der Waals surface area contributed by atoms with Crippen LogP contribution in [0.25, 0.3) is 11.0 Å². The number of para-hydroxylation sites is 1. The van der Waals surface area contributed by atoms with Crippen molar-refractivity contribution in [3.63, 3.8) is 0 Å². The smallest absolute Gasteiger partial charge is 0.313 e. The lowest BCUT2D eigenvalue weighted by atomic mass is 9.74. The molecule has 3 aromatic rings. The third-order valence-corrected chi connectivity index (χ3v) is 10.4. The summed E-state index contributed by atoms with van der Waals surface area (Å²) in [4.78, 5) is 60.4. The number of nitrogens with zero attached hydrogens (tertiary/aromatic N) is 5. The molecule has 5 bridgehead atoms. The van der Waals surface area contributed by atoms with Gasteiger partial charge in [0, 0.05) is 13.0 Å². The van der Waals surface area contributed by atoms with Crippen LogP contribution in [0, 0.1) is 17.8 Å². The van der Waals surface area contributed by atoms with E-state index >= 15 is 4.79 Å². The van der Waals surface area contributed by atoms with E-state index in [1.165, 1.54) is 4.90 Å². The van der Waals surface area contributed by atoms with Crippen molar-refractivity contribution in [3.8, 4) is 0 Å². The number of fused-ring (bicyclic) bond motifs is 3. The van der Waals surface area contributed by atoms with Gasteiger partial charge in [-0.15, -0.1) is 5.10 Å². The average molecular weight is 697 g/mol.